The summed E-state index contributed by atoms with van der Waals surface area (Å²) in [7, 11) is 1.74. The first-order valence-electron chi connectivity index (χ1n) is 6.34. The maximum absolute atomic E-state index is 5.06. The first kappa shape index (κ1) is 14.6. The zero-order valence-corrected chi connectivity index (χ0v) is 12.0. The zero-order valence-electron chi connectivity index (χ0n) is 11.2. The van der Waals surface area contributed by atoms with Crippen molar-refractivity contribution in [2.75, 3.05) is 26.8 Å². The van der Waals surface area contributed by atoms with Crippen molar-refractivity contribution in [2.24, 2.45) is 5.41 Å². The topological polar surface area (TPSA) is 34.1 Å². The molecule has 0 saturated carbocycles. The van der Waals surface area contributed by atoms with Crippen LogP contribution >= 0.6 is 11.3 Å². The summed E-state index contributed by atoms with van der Waals surface area (Å²) in [5.74, 6) is 0. The molecule has 1 aromatic heterocycles. The molecule has 1 rings (SSSR count). The van der Waals surface area contributed by atoms with Crippen LogP contribution in [-0.4, -0.2) is 31.8 Å². The highest BCUT2D eigenvalue weighted by Gasteiger charge is 2.27. The minimum atomic E-state index is 0.339. The Labute approximate surface area is 109 Å². The third kappa shape index (κ3) is 4.74. The maximum Gasteiger partial charge on any atom is 0.0930 e. The molecule has 0 atom stereocenters. The molecule has 98 valence electrons. The van der Waals surface area contributed by atoms with Crippen LogP contribution in [0.15, 0.2) is 11.6 Å². The van der Waals surface area contributed by atoms with Gasteiger partial charge in [-0.2, -0.15) is 0 Å². The Hall–Kier alpha value is -0.450. The number of thiazole rings is 1. The molecule has 0 bridgehead atoms. The summed E-state index contributed by atoms with van der Waals surface area (Å²) < 4.78 is 5.06. The van der Waals surface area contributed by atoms with Crippen molar-refractivity contribution < 1.29 is 4.74 Å². The second-order valence-corrected chi connectivity index (χ2v) is 5.46. The van der Waals surface area contributed by atoms with Crippen molar-refractivity contribution in [2.45, 2.75) is 33.1 Å². The van der Waals surface area contributed by atoms with Gasteiger partial charge >= 0.3 is 0 Å². The van der Waals surface area contributed by atoms with E-state index < -0.39 is 0 Å². The quantitative estimate of drug-likeness (QED) is 0.690. The molecule has 0 aliphatic heterocycles. The summed E-state index contributed by atoms with van der Waals surface area (Å²) in [6.07, 6.45) is 5.35. The number of nitrogens with one attached hydrogen (secondary N) is 1. The normalized spacial score (nSPS) is 11.9. The van der Waals surface area contributed by atoms with Gasteiger partial charge in [0, 0.05) is 38.2 Å². The van der Waals surface area contributed by atoms with E-state index in [0.717, 1.165) is 26.1 Å². The summed E-state index contributed by atoms with van der Waals surface area (Å²) in [4.78, 5) is 4.41. The first-order chi connectivity index (χ1) is 8.26. The van der Waals surface area contributed by atoms with Crippen LogP contribution in [-0.2, 0) is 11.2 Å². The average molecular weight is 256 g/mol. The minimum Gasteiger partial charge on any atom is -0.383 e. The Bertz CT molecular complexity index is 284. The van der Waals surface area contributed by atoms with Gasteiger partial charge in [-0.05, 0) is 18.3 Å². The molecule has 3 nitrogen and oxygen atoms in total. The summed E-state index contributed by atoms with van der Waals surface area (Å²) in [6, 6.07) is 0. The van der Waals surface area contributed by atoms with Crippen LogP contribution in [0.5, 0.6) is 0 Å². The van der Waals surface area contributed by atoms with Crippen LogP contribution in [0, 0.1) is 5.41 Å². The Balaban J connectivity index is 2.49. The molecule has 1 aromatic rings. The molecule has 0 spiro atoms. The van der Waals surface area contributed by atoms with Crippen molar-refractivity contribution in [1.82, 2.24) is 10.3 Å². The fraction of sp³-hybridized carbons (Fsp3) is 0.769. The van der Waals surface area contributed by atoms with E-state index in [1.165, 1.54) is 17.8 Å². The molecule has 4 heteroatoms. The van der Waals surface area contributed by atoms with Gasteiger partial charge in [0.05, 0.1) is 11.6 Å². The van der Waals surface area contributed by atoms with Crippen LogP contribution in [0.25, 0.3) is 0 Å². The Morgan fingerprint density at radius 3 is 2.71 bits per heavy atom. The standard InChI is InChI=1S/C13H24N2OS/c1-4-13(5-2,11-14-6-8-16-3)10-12-15-7-9-17-12/h7,9,14H,4-6,8,10-11H2,1-3H3. The number of rotatable bonds is 9. The van der Waals surface area contributed by atoms with E-state index in [4.69, 9.17) is 4.74 Å². The van der Waals surface area contributed by atoms with Gasteiger partial charge in [0.2, 0.25) is 0 Å². The molecular formula is C13H24N2OS. The Morgan fingerprint density at radius 2 is 2.18 bits per heavy atom. The van der Waals surface area contributed by atoms with E-state index in [1.807, 2.05) is 6.20 Å². The lowest BCUT2D eigenvalue weighted by molar-refractivity contribution is 0.185. The summed E-state index contributed by atoms with van der Waals surface area (Å²) in [5, 5.41) is 6.80. The third-order valence-electron chi connectivity index (χ3n) is 3.49. The van der Waals surface area contributed by atoms with E-state index in [2.05, 4.69) is 29.5 Å². The van der Waals surface area contributed by atoms with E-state index in [-0.39, 0.29) is 0 Å². The highest BCUT2D eigenvalue weighted by atomic mass is 32.1. The predicted molar refractivity (Wildman–Crippen MR) is 73.6 cm³/mol. The van der Waals surface area contributed by atoms with Crippen molar-refractivity contribution in [1.29, 1.82) is 0 Å². The van der Waals surface area contributed by atoms with Crippen LogP contribution in [0.3, 0.4) is 0 Å². The molecule has 0 amide bonds. The van der Waals surface area contributed by atoms with Crippen molar-refractivity contribution in [3.63, 3.8) is 0 Å². The van der Waals surface area contributed by atoms with Crippen LogP contribution in [0.1, 0.15) is 31.7 Å². The fourth-order valence-corrected chi connectivity index (χ4v) is 2.79. The average Bonchev–Trinajstić information content (AvgIpc) is 2.86. The van der Waals surface area contributed by atoms with Gasteiger partial charge in [-0.1, -0.05) is 13.8 Å². The van der Waals surface area contributed by atoms with E-state index in [0.29, 0.717) is 5.41 Å². The molecule has 0 radical (unpaired) electrons. The summed E-state index contributed by atoms with van der Waals surface area (Å²) in [6.45, 7) is 7.30. The maximum atomic E-state index is 5.06. The second-order valence-electron chi connectivity index (χ2n) is 4.48. The third-order valence-corrected chi connectivity index (χ3v) is 4.27. The molecule has 0 aliphatic carbocycles. The van der Waals surface area contributed by atoms with Gasteiger partial charge in [-0.25, -0.2) is 4.98 Å². The van der Waals surface area contributed by atoms with Gasteiger partial charge in [0.1, 0.15) is 0 Å². The lowest BCUT2D eigenvalue weighted by Crippen LogP contribution is -2.36. The highest BCUT2D eigenvalue weighted by molar-refractivity contribution is 7.09. The summed E-state index contributed by atoms with van der Waals surface area (Å²) >= 11 is 1.76. The Kier molecular flexibility index (Phi) is 6.70. The fourth-order valence-electron chi connectivity index (χ4n) is 2.00. The number of hydrogen-bond donors (Lipinski definition) is 1. The van der Waals surface area contributed by atoms with Gasteiger partial charge in [-0.3, -0.25) is 0 Å². The Morgan fingerprint density at radius 1 is 1.41 bits per heavy atom. The lowest BCUT2D eigenvalue weighted by Gasteiger charge is -2.31. The van der Waals surface area contributed by atoms with Gasteiger partial charge in [-0.15, -0.1) is 11.3 Å². The number of methoxy groups -OCH3 is 1. The monoisotopic (exact) mass is 256 g/mol. The van der Waals surface area contributed by atoms with Crippen molar-refractivity contribution in [3.05, 3.63) is 16.6 Å². The molecule has 0 aromatic carbocycles. The van der Waals surface area contributed by atoms with E-state index in [9.17, 15) is 0 Å². The predicted octanol–water partition coefficient (Wildman–Crippen LogP) is 2.73. The van der Waals surface area contributed by atoms with Crippen LogP contribution in [0.2, 0.25) is 0 Å². The zero-order chi connectivity index (χ0) is 12.6. The van der Waals surface area contributed by atoms with Crippen molar-refractivity contribution in [3.8, 4) is 0 Å². The smallest absolute Gasteiger partial charge is 0.0930 e. The van der Waals surface area contributed by atoms with Crippen molar-refractivity contribution >= 4 is 11.3 Å². The lowest BCUT2D eigenvalue weighted by atomic mass is 9.79. The number of aromatic nitrogens is 1. The summed E-state index contributed by atoms with van der Waals surface area (Å²) in [5.41, 5.74) is 0.339. The van der Waals surface area contributed by atoms with Crippen LogP contribution < -0.4 is 5.32 Å². The molecule has 1 heterocycles. The largest absolute Gasteiger partial charge is 0.383 e. The van der Waals surface area contributed by atoms with Gasteiger partial charge in [0.25, 0.3) is 0 Å². The molecule has 0 unspecified atom stereocenters. The molecular weight excluding hydrogens is 232 g/mol. The van der Waals surface area contributed by atoms with E-state index >= 15 is 0 Å². The SMILES string of the molecule is CCC(CC)(CNCCOC)Cc1nccs1. The van der Waals surface area contributed by atoms with Gasteiger partial charge < -0.3 is 10.1 Å². The molecule has 0 fully saturated rings. The molecule has 1 N–H and O–H groups in total. The van der Waals surface area contributed by atoms with Gasteiger partial charge in [0.15, 0.2) is 0 Å². The molecule has 0 aliphatic rings. The highest BCUT2D eigenvalue weighted by Crippen LogP contribution is 2.30. The second kappa shape index (κ2) is 7.80. The molecule has 17 heavy (non-hydrogen) atoms. The van der Waals surface area contributed by atoms with E-state index in [1.54, 1.807) is 18.4 Å². The molecule has 0 saturated heterocycles. The number of hydrogen-bond acceptors (Lipinski definition) is 4. The minimum absolute atomic E-state index is 0.339. The number of nitrogens with zero attached hydrogens (tertiary/aromatic N) is 1. The first-order valence-corrected chi connectivity index (χ1v) is 7.22. The number of ether oxygens (including phenoxy) is 1. The van der Waals surface area contributed by atoms with Crippen LogP contribution in [0.4, 0.5) is 0 Å².